The summed E-state index contributed by atoms with van der Waals surface area (Å²) in [7, 11) is 0. The topological polar surface area (TPSA) is 65.9 Å². The van der Waals surface area contributed by atoms with Crippen LogP contribution in [0.15, 0.2) is 29.1 Å². The van der Waals surface area contributed by atoms with Crippen LogP contribution in [-0.4, -0.2) is 11.1 Å². The van der Waals surface area contributed by atoms with Crippen LogP contribution in [0.5, 0.6) is 5.75 Å². The van der Waals surface area contributed by atoms with Crippen LogP contribution in [-0.2, 0) is 0 Å². The fraction of sp³-hybridized carbons (Fsp3) is 0.294. The molecule has 21 heavy (non-hydrogen) atoms. The Morgan fingerprint density at radius 2 is 1.95 bits per heavy atom. The number of ether oxygens (including phenoxy) is 1. The van der Waals surface area contributed by atoms with E-state index in [1.807, 2.05) is 51.1 Å². The number of nitrogens with zero attached hydrogens (tertiary/aromatic N) is 1. The van der Waals surface area contributed by atoms with Gasteiger partial charge in [-0.05, 0) is 57.0 Å². The molecule has 0 aliphatic carbocycles. The zero-order valence-corrected chi connectivity index (χ0v) is 12.7. The van der Waals surface area contributed by atoms with E-state index in [2.05, 4.69) is 4.98 Å². The third kappa shape index (κ3) is 3.14. The Labute approximate surface area is 124 Å². The lowest BCUT2D eigenvalue weighted by Gasteiger charge is -2.14. The second-order valence-corrected chi connectivity index (χ2v) is 5.33. The van der Waals surface area contributed by atoms with Crippen molar-refractivity contribution in [3.63, 3.8) is 0 Å². The molecule has 0 bridgehead atoms. The minimum atomic E-state index is -0.354. The molecule has 0 atom stereocenters. The molecule has 1 aromatic carbocycles. The number of hydrogen-bond acceptors (Lipinski definition) is 3. The molecule has 2 aromatic rings. The van der Waals surface area contributed by atoms with Crippen molar-refractivity contribution in [2.75, 3.05) is 0 Å². The van der Waals surface area contributed by atoms with Gasteiger partial charge in [0.2, 0.25) is 0 Å². The normalized spacial score (nSPS) is 10.5. The second-order valence-electron chi connectivity index (χ2n) is 5.33. The molecule has 0 saturated heterocycles. The number of nitriles is 1. The van der Waals surface area contributed by atoms with Crippen molar-refractivity contribution in [3.05, 3.63) is 51.4 Å². The maximum atomic E-state index is 11.9. The van der Waals surface area contributed by atoms with Gasteiger partial charge in [0.05, 0.1) is 6.10 Å². The molecule has 0 fully saturated rings. The van der Waals surface area contributed by atoms with Crippen molar-refractivity contribution in [2.45, 2.75) is 33.8 Å². The van der Waals surface area contributed by atoms with E-state index in [1.165, 1.54) is 0 Å². The first-order chi connectivity index (χ1) is 9.92. The predicted molar refractivity (Wildman–Crippen MR) is 82.5 cm³/mol. The summed E-state index contributed by atoms with van der Waals surface area (Å²) in [5.41, 5.74) is 2.98. The van der Waals surface area contributed by atoms with Crippen molar-refractivity contribution < 1.29 is 4.74 Å². The Balaban J connectivity index is 2.56. The molecule has 1 aromatic heterocycles. The highest BCUT2D eigenvalue weighted by molar-refractivity contribution is 5.71. The minimum Gasteiger partial charge on any atom is -0.491 e. The molecular formula is C17H18N2O2. The summed E-state index contributed by atoms with van der Waals surface area (Å²) in [4.78, 5) is 14.5. The number of aromatic nitrogens is 1. The summed E-state index contributed by atoms with van der Waals surface area (Å²) in [6.45, 7) is 7.70. The lowest BCUT2D eigenvalue weighted by Crippen LogP contribution is -2.12. The molecule has 0 saturated carbocycles. The monoisotopic (exact) mass is 282 g/mol. The van der Waals surface area contributed by atoms with E-state index in [9.17, 15) is 10.1 Å². The third-order valence-corrected chi connectivity index (χ3v) is 3.13. The predicted octanol–water partition coefficient (Wildman–Crippen LogP) is 3.32. The number of rotatable bonds is 3. The molecule has 0 aliphatic rings. The number of aromatic amines is 1. The average molecular weight is 282 g/mol. The van der Waals surface area contributed by atoms with E-state index < -0.39 is 0 Å². The molecule has 2 rings (SSSR count). The first kappa shape index (κ1) is 14.9. The Morgan fingerprint density at radius 3 is 2.52 bits per heavy atom. The van der Waals surface area contributed by atoms with Crippen LogP contribution in [0.25, 0.3) is 11.1 Å². The van der Waals surface area contributed by atoms with Crippen molar-refractivity contribution >= 4 is 0 Å². The van der Waals surface area contributed by atoms with Gasteiger partial charge in [-0.15, -0.1) is 0 Å². The molecule has 108 valence electrons. The molecular weight excluding hydrogens is 264 g/mol. The van der Waals surface area contributed by atoms with Gasteiger partial charge in [-0.1, -0.05) is 6.07 Å². The molecule has 0 aliphatic heterocycles. The van der Waals surface area contributed by atoms with Gasteiger partial charge >= 0.3 is 0 Å². The second kappa shape index (κ2) is 5.84. The highest BCUT2D eigenvalue weighted by atomic mass is 16.5. The summed E-state index contributed by atoms with van der Waals surface area (Å²) in [5.74, 6) is 0.814. The van der Waals surface area contributed by atoms with Gasteiger partial charge in [0.15, 0.2) is 0 Å². The quantitative estimate of drug-likeness (QED) is 0.939. The van der Waals surface area contributed by atoms with Crippen LogP contribution in [0.3, 0.4) is 0 Å². The Hall–Kier alpha value is -2.54. The first-order valence-corrected chi connectivity index (χ1v) is 6.84. The van der Waals surface area contributed by atoms with Crippen LogP contribution >= 0.6 is 0 Å². The highest BCUT2D eigenvalue weighted by Crippen LogP contribution is 2.28. The fourth-order valence-electron chi connectivity index (χ4n) is 2.23. The lowest BCUT2D eigenvalue weighted by atomic mass is 9.99. The number of pyridine rings is 1. The molecule has 0 spiro atoms. The van der Waals surface area contributed by atoms with Gasteiger partial charge in [0, 0.05) is 11.3 Å². The third-order valence-electron chi connectivity index (χ3n) is 3.13. The van der Waals surface area contributed by atoms with Gasteiger partial charge in [-0.3, -0.25) is 4.79 Å². The maximum absolute atomic E-state index is 11.9. The average Bonchev–Trinajstić information content (AvgIpc) is 2.40. The smallest absolute Gasteiger partial charge is 0.266 e. The standard InChI is InChI=1S/C17H18N2O2/c1-10(2)21-16-6-5-13(7-11(16)3)14-8-12(4)19-17(20)15(14)9-18/h5-8,10H,1-4H3,(H,19,20). The lowest BCUT2D eigenvalue weighted by molar-refractivity contribution is 0.241. The Morgan fingerprint density at radius 1 is 1.24 bits per heavy atom. The van der Waals surface area contributed by atoms with Gasteiger partial charge in [0.25, 0.3) is 5.56 Å². The number of H-pyrrole nitrogens is 1. The van der Waals surface area contributed by atoms with E-state index in [4.69, 9.17) is 4.74 Å². The van der Waals surface area contributed by atoms with Crippen LogP contribution in [0.4, 0.5) is 0 Å². The minimum absolute atomic E-state index is 0.103. The van der Waals surface area contributed by atoms with Crippen molar-refractivity contribution in [1.29, 1.82) is 5.26 Å². The van der Waals surface area contributed by atoms with Crippen LogP contribution in [0.2, 0.25) is 0 Å². The molecule has 4 nitrogen and oxygen atoms in total. The van der Waals surface area contributed by atoms with E-state index in [-0.39, 0.29) is 17.2 Å². The van der Waals surface area contributed by atoms with E-state index in [0.717, 1.165) is 22.6 Å². The molecule has 0 unspecified atom stereocenters. The van der Waals surface area contributed by atoms with Crippen LogP contribution < -0.4 is 10.3 Å². The van der Waals surface area contributed by atoms with Crippen LogP contribution in [0.1, 0.15) is 30.7 Å². The van der Waals surface area contributed by atoms with Gasteiger partial charge in [-0.2, -0.15) is 5.26 Å². The molecule has 0 radical (unpaired) electrons. The largest absolute Gasteiger partial charge is 0.491 e. The van der Waals surface area contributed by atoms with Crippen molar-refractivity contribution in [2.24, 2.45) is 0 Å². The van der Waals surface area contributed by atoms with Gasteiger partial charge in [-0.25, -0.2) is 0 Å². The number of aryl methyl sites for hydroxylation is 2. The molecule has 1 N–H and O–H groups in total. The van der Waals surface area contributed by atoms with E-state index >= 15 is 0 Å². The van der Waals surface area contributed by atoms with E-state index in [0.29, 0.717) is 5.56 Å². The van der Waals surface area contributed by atoms with Gasteiger partial charge in [0.1, 0.15) is 17.4 Å². The first-order valence-electron chi connectivity index (χ1n) is 6.84. The van der Waals surface area contributed by atoms with Crippen molar-refractivity contribution in [1.82, 2.24) is 4.98 Å². The van der Waals surface area contributed by atoms with Crippen LogP contribution in [0, 0.1) is 25.2 Å². The molecule has 0 amide bonds. The molecule has 4 heteroatoms. The summed E-state index contributed by atoms with van der Waals surface area (Å²) in [6, 6.07) is 9.49. The SMILES string of the molecule is Cc1cc(-c2ccc(OC(C)C)c(C)c2)c(C#N)c(=O)[nH]1. The Kier molecular flexibility index (Phi) is 4.13. The van der Waals surface area contributed by atoms with Crippen molar-refractivity contribution in [3.8, 4) is 22.9 Å². The Bertz CT molecular complexity index is 767. The van der Waals surface area contributed by atoms with E-state index in [1.54, 1.807) is 6.92 Å². The van der Waals surface area contributed by atoms with Gasteiger partial charge < -0.3 is 9.72 Å². The zero-order valence-electron chi connectivity index (χ0n) is 12.7. The fourth-order valence-corrected chi connectivity index (χ4v) is 2.23. The molecule has 1 heterocycles. The summed E-state index contributed by atoms with van der Waals surface area (Å²) >= 11 is 0. The number of benzene rings is 1. The summed E-state index contributed by atoms with van der Waals surface area (Å²) in [6.07, 6.45) is 0.103. The highest BCUT2D eigenvalue weighted by Gasteiger charge is 2.12. The number of hydrogen-bond donors (Lipinski definition) is 1. The number of nitrogens with one attached hydrogen (secondary N) is 1. The maximum Gasteiger partial charge on any atom is 0.266 e. The summed E-state index contributed by atoms with van der Waals surface area (Å²) in [5, 5.41) is 9.20. The summed E-state index contributed by atoms with van der Waals surface area (Å²) < 4.78 is 5.71. The zero-order chi connectivity index (χ0) is 15.6.